The first-order chi connectivity index (χ1) is 13.6. The maximum atomic E-state index is 13.6. The third kappa shape index (κ3) is 4.02. The molecule has 0 radical (unpaired) electrons. The number of methoxy groups -OCH3 is 1. The van der Waals surface area contributed by atoms with Gasteiger partial charge < -0.3 is 14.4 Å². The fourth-order valence-electron chi connectivity index (χ4n) is 3.16. The number of nitrogens with zero attached hydrogens (tertiary/aromatic N) is 1. The van der Waals surface area contributed by atoms with Crippen molar-refractivity contribution < 1.29 is 14.3 Å². The molecule has 0 aromatic heterocycles. The summed E-state index contributed by atoms with van der Waals surface area (Å²) in [7, 11) is 3.47. The number of amides is 1. The molecule has 0 saturated heterocycles. The highest BCUT2D eigenvalue weighted by Crippen LogP contribution is 2.58. The van der Waals surface area contributed by atoms with E-state index in [0.29, 0.717) is 12.4 Å². The number of fused-ring (bicyclic) bond motifs is 1. The number of rotatable bonds is 8. The number of unbranched alkanes of at least 4 members (excludes halogenated alkanes) is 1. The highest BCUT2D eigenvalue weighted by Gasteiger charge is 2.49. The lowest BCUT2D eigenvalue weighted by Crippen LogP contribution is -2.44. The van der Waals surface area contributed by atoms with Crippen LogP contribution in [0, 0.1) is 0 Å². The van der Waals surface area contributed by atoms with Crippen LogP contribution in [0.5, 0.6) is 11.5 Å². The SMILES string of the molecule is COc1ccc(OCCCCBr)c(C2(SC)Sc3ccccc3N(C)C2=O)c1. The number of halogens is 1. The number of para-hydroxylation sites is 1. The van der Waals surface area contributed by atoms with Gasteiger partial charge in [0.2, 0.25) is 0 Å². The summed E-state index contributed by atoms with van der Waals surface area (Å²) in [4.78, 5) is 16.4. The van der Waals surface area contributed by atoms with Gasteiger partial charge in [-0.15, -0.1) is 11.8 Å². The van der Waals surface area contributed by atoms with Gasteiger partial charge in [-0.3, -0.25) is 4.79 Å². The highest BCUT2D eigenvalue weighted by atomic mass is 79.9. The first kappa shape index (κ1) is 21.4. The van der Waals surface area contributed by atoms with E-state index in [1.165, 1.54) is 11.8 Å². The van der Waals surface area contributed by atoms with Crippen LogP contribution in [0.25, 0.3) is 0 Å². The molecule has 1 aliphatic rings. The maximum absolute atomic E-state index is 13.6. The van der Waals surface area contributed by atoms with Crippen molar-refractivity contribution in [3.63, 3.8) is 0 Å². The zero-order chi connectivity index (χ0) is 20.1. The van der Waals surface area contributed by atoms with Crippen LogP contribution in [0.1, 0.15) is 18.4 Å². The topological polar surface area (TPSA) is 38.8 Å². The lowest BCUT2D eigenvalue weighted by atomic mass is 10.1. The second-order valence-electron chi connectivity index (χ2n) is 6.36. The summed E-state index contributed by atoms with van der Waals surface area (Å²) >= 11 is 6.56. The molecule has 1 aliphatic heterocycles. The summed E-state index contributed by atoms with van der Waals surface area (Å²) in [5, 5.41) is 0.955. The number of hydrogen-bond acceptors (Lipinski definition) is 5. The Kier molecular flexibility index (Phi) is 7.23. The van der Waals surface area contributed by atoms with Crippen molar-refractivity contribution in [2.45, 2.75) is 21.8 Å². The van der Waals surface area contributed by atoms with Crippen LogP contribution in [-0.2, 0) is 8.87 Å². The summed E-state index contributed by atoms with van der Waals surface area (Å²) in [6, 6.07) is 13.7. The molecule has 0 N–H and O–H groups in total. The Bertz CT molecular complexity index is 848. The lowest BCUT2D eigenvalue weighted by Gasteiger charge is -2.40. The van der Waals surface area contributed by atoms with Gasteiger partial charge in [0.1, 0.15) is 11.5 Å². The molecule has 0 bridgehead atoms. The standard InChI is InChI=1S/C21H24BrNO3S2/c1-23-17-8-4-5-9-19(17)28-21(27-3,20(23)24)16-14-15(25-2)10-11-18(16)26-13-7-6-12-22/h4-5,8-11,14H,6-7,12-13H2,1-3H3. The Balaban J connectivity index is 2.06. The number of thioether (sulfide) groups is 2. The molecule has 1 heterocycles. The van der Waals surface area contributed by atoms with Crippen LogP contribution >= 0.6 is 39.5 Å². The Morgan fingerprint density at radius 2 is 2.00 bits per heavy atom. The van der Waals surface area contributed by atoms with Gasteiger partial charge in [0.05, 0.1) is 19.4 Å². The molecule has 2 aromatic carbocycles. The first-order valence-electron chi connectivity index (χ1n) is 9.06. The minimum atomic E-state index is -0.831. The van der Waals surface area contributed by atoms with E-state index in [1.54, 1.807) is 23.8 Å². The number of alkyl halides is 1. The molecule has 0 aliphatic carbocycles. The van der Waals surface area contributed by atoms with E-state index in [1.807, 2.05) is 49.7 Å². The van der Waals surface area contributed by atoms with Crippen LogP contribution < -0.4 is 14.4 Å². The Morgan fingerprint density at radius 1 is 1.21 bits per heavy atom. The van der Waals surface area contributed by atoms with Gasteiger partial charge in [0.25, 0.3) is 5.91 Å². The van der Waals surface area contributed by atoms with Gasteiger partial charge in [-0.2, -0.15) is 0 Å². The smallest absolute Gasteiger partial charge is 0.258 e. The average molecular weight is 482 g/mol. The minimum absolute atomic E-state index is 0.0299. The molecule has 3 rings (SSSR count). The molecular formula is C21H24BrNO3S2. The molecule has 1 unspecified atom stereocenters. The Labute approximate surface area is 183 Å². The third-order valence-corrected chi connectivity index (χ3v) is 8.21. The van der Waals surface area contributed by atoms with Gasteiger partial charge in [0.15, 0.2) is 4.08 Å². The number of ether oxygens (including phenoxy) is 2. The highest BCUT2D eigenvalue weighted by molar-refractivity contribution is 9.09. The quantitative estimate of drug-likeness (QED) is 0.365. The molecule has 28 heavy (non-hydrogen) atoms. The van der Waals surface area contributed by atoms with Crippen molar-refractivity contribution in [2.75, 3.05) is 37.3 Å². The maximum Gasteiger partial charge on any atom is 0.258 e. The monoisotopic (exact) mass is 481 g/mol. The molecule has 150 valence electrons. The van der Waals surface area contributed by atoms with Gasteiger partial charge in [-0.05, 0) is 49.4 Å². The summed E-state index contributed by atoms with van der Waals surface area (Å²) in [5.74, 6) is 1.48. The number of carbonyl (C=O) groups is 1. The van der Waals surface area contributed by atoms with E-state index in [0.717, 1.165) is 40.1 Å². The molecule has 7 heteroatoms. The fourth-order valence-corrected chi connectivity index (χ4v) is 6.11. The summed E-state index contributed by atoms with van der Waals surface area (Å²) in [6.45, 7) is 0.612. The van der Waals surface area contributed by atoms with E-state index in [-0.39, 0.29) is 5.91 Å². The van der Waals surface area contributed by atoms with E-state index in [4.69, 9.17) is 9.47 Å². The molecule has 0 fully saturated rings. The summed E-state index contributed by atoms with van der Waals surface area (Å²) in [5.41, 5.74) is 1.78. The van der Waals surface area contributed by atoms with Gasteiger partial charge in [-0.25, -0.2) is 0 Å². The zero-order valence-corrected chi connectivity index (χ0v) is 19.5. The molecule has 2 aromatic rings. The predicted molar refractivity (Wildman–Crippen MR) is 122 cm³/mol. The van der Waals surface area contributed by atoms with Crippen LogP contribution in [0.2, 0.25) is 0 Å². The number of anilines is 1. The molecule has 0 saturated carbocycles. The van der Waals surface area contributed by atoms with Gasteiger partial charge in [0, 0.05) is 22.8 Å². The number of carbonyl (C=O) groups excluding carboxylic acids is 1. The second kappa shape index (κ2) is 9.46. The van der Waals surface area contributed by atoms with E-state index >= 15 is 0 Å². The van der Waals surface area contributed by atoms with Gasteiger partial charge in [-0.1, -0.05) is 39.8 Å². The van der Waals surface area contributed by atoms with Crippen molar-refractivity contribution >= 4 is 51.0 Å². The van der Waals surface area contributed by atoms with Crippen molar-refractivity contribution in [2.24, 2.45) is 0 Å². The van der Waals surface area contributed by atoms with Crippen molar-refractivity contribution in [3.8, 4) is 11.5 Å². The second-order valence-corrected chi connectivity index (χ2v) is 9.69. The average Bonchev–Trinajstić information content (AvgIpc) is 2.74. The van der Waals surface area contributed by atoms with Crippen LogP contribution in [0.3, 0.4) is 0 Å². The van der Waals surface area contributed by atoms with E-state index in [9.17, 15) is 4.79 Å². The zero-order valence-electron chi connectivity index (χ0n) is 16.2. The number of hydrogen-bond donors (Lipinski definition) is 0. The largest absolute Gasteiger partial charge is 0.497 e. The summed E-state index contributed by atoms with van der Waals surface area (Å²) < 4.78 is 10.7. The van der Waals surface area contributed by atoms with Crippen molar-refractivity contribution in [3.05, 3.63) is 48.0 Å². The molecular weight excluding hydrogens is 458 g/mol. The van der Waals surface area contributed by atoms with Crippen molar-refractivity contribution in [1.29, 1.82) is 0 Å². The van der Waals surface area contributed by atoms with E-state index < -0.39 is 4.08 Å². The van der Waals surface area contributed by atoms with E-state index in [2.05, 4.69) is 22.0 Å². The van der Waals surface area contributed by atoms with Crippen LogP contribution in [-0.4, -0.2) is 38.3 Å². The lowest BCUT2D eigenvalue weighted by molar-refractivity contribution is -0.118. The van der Waals surface area contributed by atoms with Crippen LogP contribution in [0.4, 0.5) is 5.69 Å². The Morgan fingerprint density at radius 3 is 2.71 bits per heavy atom. The molecule has 4 nitrogen and oxygen atoms in total. The predicted octanol–water partition coefficient (Wildman–Crippen LogP) is 5.53. The normalized spacial score (nSPS) is 18.7. The third-order valence-electron chi connectivity index (χ3n) is 4.68. The fraction of sp³-hybridized carbons (Fsp3) is 0.381. The molecule has 1 amide bonds. The molecule has 0 spiro atoms. The molecule has 1 atom stereocenters. The van der Waals surface area contributed by atoms with Crippen LogP contribution in [0.15, 0.2) is 47.4 Å². The van der Waals surface area contributed by atoms with Gasteiger partial charge >= 0.3 is 0 Å². The number of benzene rings is 2. The first-order valence-corrected chi connectivity index (χ1v) is 12.2. The Hall–Kier alpha value is -1.31. The minimum Gasteiger partial charge on any atom is -0.497 e. The summed E-state index contributed by atoms with van der Waals surface area (Å²) in [6.07, 6.45) is 3.97. The van der Waals surface area contributed by atoms with Crippen molar-refractivity contribution in [1.82, 2.24) is 0 Å². The number of likely N-dealkylation sites (N-methyl/N-ethyl adjacent to an activating group) is 1.